The Kier molecular flexibility index (Phi) is 3.93. The fraction of sp³-hybridized carbons (Fsp3) is 0.625. The predicted octanol–water partition coefficient (Wildman–Crippen LogP) is 0.576. The molecule has 0 aliphatic rings. The molecule has 13 heavy (non-hydrogen) atoms. The Morgan fingerprint density at radius 3 is 3.15 bits per heavy atom. The van der Waals surface area contributed by atoms with Crippen LogP contribution in [0.25, 0.3) is 0 Å². The minimum absolute atomic E-state index is 0.219. The molecule has 0 aliphatic heterocycles. The second-order valence-corrected chi connectivity index (χ2v) is 2.49. The molecule has 0 fully saturated rings. The summed E-state index contributed by atoms with van der Waals surface area (Å²) in [6, 6.07) is 1.87. The fourth-order valence-electron chi connectivity index (χ4n) is 0.927. The summed E-state index contributed by atoms with van der Waals surface area (Å²) in [5.41, 5.74) is 0. The van der Waals surface area contributed by atoms with Gasteiger partial charge in [-0.2, -0.15) is 5.26 Å². The van der Waals surface area contributed by atoms with E-state index < -0.39 is 0 Å². The van der Waals surface area contributed by atoms with Crippen LogP contribution in [0.1, 0.15) is 19.2 Å². The van der Waals surface area contributed by atoms with Gasteiger partial charge >= 0.3 is 0 Å². The molecule has 0 spiro atoms. The van der Waals surface area contributed by atoms with E-state index in [4.69, 9.17) is 10.00 Å². The highest BCUT2D eigenvalue weighted by molar-refractivity contribution is 5.05. The molecule has 0 N–H and O–H groups in total. The third-order valence-electron chi connectivity index (χ3n) is 1.52. The number of rotatable bonds is 5. The quantitative estimate of drug-likeness (QED) is 0.621. The molecule has 5 heteroatoms. The molecule has 5 nitrogen and oxygen atoms in total. The van der Waals surface area contributed by atoms with Gasteiger partial charge in [0.1, 0.15) is 12.4 Å². The molecule has 0 atom stereocenters. The van der Waals surface area contributed by atoms with Crippen LogP contribution in [-0.4, -0.2) is 28.0 Å². The van der Waals surface area contributed by atoms with Gasteiger partial charge in [-0.25, -0.2) is 4.98 Å². The monoisotopic (exact) mass is 180 g/mol. The number of nitrogens with zero attached hydrogens (tertiary/aromatic N) is 4. The van der Waals surface area contributed by atoms with Crippen LogP contribution in [0.3, 0.4) is 0 Å². The number of nitriles is 1. The first-order valence-corrected chi connectivity index (χ1v) is 4.24. The Morgan fingerprint density at radius 1 is 1.69 bits per heavy atom. The molecule has 1 heterocycles. The van der Waals surface area contributed by atoms with Crippen molar-refractivity contribution in [1.82, 2.24) is 14.8 Å². The van der Waals surface area contributed by atoms with Crippen molar-refractivity contribution < 1.29 is 4.74 Å². The molecule has 0 bridgehead atoms. The topological polar surface area (TPSA) is 63.7 Å². The molecule has 0 unspecified atom stereocenters. The zero-order valence-electron chi connectivity index (χ0n) is 7.60. The first-order chi connectivity index (χ1) is 6.36. The maximum atomic E-state index is 8.45. The van der Waals surface area contributed by atoms with Crippen LogP contribution in [0.2, 0.25) is 0 Å². The Balaban J connectivity index is 2.25. The molecular formula is C8H12N4O. The fourth-order valence-corrected chi connectivity index (χ4v) is 0.927. The first kappa shape index (κ1) is 9.68. The van der Waals surface area contributed by atoms with Crippen molar-refractivity contribution >= 4 is 0 Å². The van der Waals surface area contributed by atoms with E-state index in [1.165, 1.54) is 0 Å². The van der Waals surface area contributed by atoms with Crippen LogP contribution in [0, 0.1) is 11.3 Å². The second kappa shape index (κ2) is 5.27. The van der Waals surface area contributed by atoms with Gasteiger partial charge in [0.05, 0.1) is 0 Å². The average Bonchev–Trinajstić information content (AvgIpc) is 2.60. The largest absolute Gasteiger partial charge is 0.382 e. The molecule has 0 aliphatic carbocycles. The van der Waals surface area contributed by atoms with Crippen LogP contribution in [0.15, 0.2) is 6.33 Å². The van der Waals surface area contributed by atoms with Crippen LogP contribution in [-0.2, 0) is 11.3 Å². The SMILES string of the molecule is CCOCCCn1cnc(C#N)n1. The van der Waals surface area contributed by atoms with Gasteiger partial charge in [-0.15, -0.1) is 5.10 Å². The first-order valence-electron chi connectivity index (χ1n) is 4.24. The zero-order valence-corrected chi connectivity index (χ0v) is 7.60. The molecule has 0 radical (unpaired) electrons. The van der Waals surface area contributed by atoms with E-state index in [2.05, 4.69) is 10.1 Å². The molecule has 1 aromatic rings. The zero-order chi connectivity index (χ0) is 9.52. The van der Waals surface area contributed by atoms with Gasteiger partial charge in [0.2, 0.25) is 0 Å². The summed E-state index contributed by atoms with van der Waals surface area (Å²) in [5, 5.41) is 12.4. The molecule has 1 aromatic heterocycles. The summed E-state index contributed by atoms with van der Waals surface area (Å²) in [7, 11) is 0. The highest BCUT2D eigenvalue weighted by atomic mass is 16.5. The van der Waals surface area contributed by atoms with Crippen LogP contribution in [0.5, 0.6) is 0 Å². The third kappa shape index (κ3) is 3.22. The van der Waals surface area contributed by atoms with Crippen molar-refractivity contribution in [1.29, 1.82) is 5.26 Å². The lowest BCUT2D eigenvalue weighted by Crippen LogP contribution is -2.03. The van der Waals surface area contributed by atoms with E-state index in [1.54, 1.807) is 11.0 Å². The average molecular weight is 180 g/mol. The van der Waals surface area contributed by atoms with Crippen molar-refractivity contribution in [3.05, 3.63) is 12.2 Å². The van der Waals surface area contributed by atoms with Crippen molar-refractivity contribution in [3.8, 4) is 6.07 Å². The Hall–Kier alpha value is -1.41. The summed E-state index contributed by atoms with van der Waals surface area (Å²) in [4.78, 5) is 3.78. The molecule has 0 aromatic carbocycles. The second-order valence-electron chi connectivity index (χ2n) is 2.49. The number of hydrogen-bond donors (Lipinski definition) is 0. The molecule has 70 valence electrons. The lowest BCUT2D eigenvalue weighted by Gasteiger charge is -2.00. The Labute approximate surface area is 77.0 Å². The minimum atomic E-state index is 0.219. The van der Waals surface area contributed by atoms with Crippen molar-refractivity contribution in [2.24, 2.45) is 0 Å². The Bertz CT molecular complexity index is 289. The van der Waals surface area contributed by atoms with E-state index >= 15 is 0 Å². The highest BCUT2D eigenvalue weighted by Crippen LogP contribution is 1.91. The third-order valence-corrected chi connectivity index (χ3v) is 1.52. The predicted molar refractivity (Wildman–Crippen MR) is 45.8 cm³/mol. The van der Waals surface area contributed by atoms with E-state index in [-0.39, 0.29) is 5.82 Å². The van der Waals surface area contributed by atoms with Crippen LogP contribution >= 0.6 is 0 Å². The van der Waals surface area contributed by atoms with Crippen LogP contribution < -0.4 is 0 Å². The van der Waals surface area contributed by atoms with Gasteiger partial charge in [0.25, 0.3) is 5.82 Å². The van der Waals surface area contributed by atoms with E-state index in [0.29, 0.717) is 0 Å². The number of aromatic nitrogens is 3. The van der Waals surface area contributed by atoms with Gasteiger partial charge in [0, 0.05) is 19.8 Å². The smallest absolute Gasteiger partial charge is 0.252 e. The minimum Gasteiger partial charge on any atom is -0.382 e. The normalized spacial score (nSPS) is 9.85. The lowest BCUT2D eigenvalue weighted by atomic mass is 10.4. The van der Waals surface area contributed by atoms with Crippen molar-refractivity contribution in [2.45, 2.75) is 19.9 Å². The van der Waals surface area contributed by atoms with E-state index in [1.807, 2.05) is 13.0 Å². The molecule has 1 rings (SSSR count). The van der Waals surface area contributed by atoms with E-state index in [0.717, 1.165) is 26.2 Å². The maximum absolute atomic E-state index is 8.45. The van der Waals surface area contributed by atoms with Crippen molar-refractivity contribution in [3.63, 3.8) is 0 Å². The highest BCUT2D eigenvalue weighted by Gasteiger charge is 1.97. The lowest BCUT2D eigenvalue weighted by molar-refractivity contribution is 0.140. The number of aryl methyl sites for hydroxylation is 1. The molecule has 0 saturated heterocycles. The van der Waals surface area contributed by atoms with Gasteiger partial charge < -0.3 is 4.74 Å². The molecular weight excluding hydrogens is 168 g/mol. The number of hydrogen-bond acceptors (Lipinski definition) is 4. The van der Waals surface area contributed by atoms with Crippen LogP contribution in [0.4, 0.5) is 0 Å². The maximum Gasteiger partial charge on any atom is 0.252 e. The summed E-state index contributed by atoms with van der Waals surface area (Å²) >= 11 is 0. The molecule has 0 saturated carbocycles. The Morgan fingerprint density at radius 2 is 2.54 bits per heavy atom. The summed E-state index contributed by atoms with van der Waals surface area (Å²) in [5.74, 6) is 0.219. The molecule has 0 amide bonds. The standard InChI is InChI=1S/C8H12N4O/c1-2-13-5-3-4-12-7-10-8(6-9)11-12/h7H,2-5H2,1H3. The van der Waals surface area contributed by atoms with Crippen molar-refractivity contribution in [2.75, 3.05) is 13.2 Å². The van der Waals surface area contributed by atoms with Gasteiger partial charge in [-0.05, 0) is 13.3 Å². The summed E-state index contributed by atoms with van der Waals surface area (Å²) in [6.07, 6.45) is 2.45. The van der Waals surface area contributed by atoms with Gasteiger partial charge in [-0.1, -0.05) is 0 Å². The van der Waals surface area contributed by atoms with E-state index in [9.17, 15) is 0 Å². The van der Waals surface area contributed by atoms with Gasteiger partial charge in [-0.3, -0.25) is 4.68 Å². The summed E-state index contributed by atoms with van der Waals surface area (Å²) < 4.78 is 6.81. The van der Waals surface area contributed by atoms with Gasteiger partial charge in [0.15, 0.2) is 0 Å². The number of ether oxygens (including phenoxy) is 1. The summed E-state index contributed by atoms with van der Waals surface area (Å²) in [6.45, 7) is 4.16.